The van der Waals surface area contributed by atoms with Gasteiger partial charge in [-0.1, -0.05) is 39.0 Å². The number of hydrogen-bond acceptors (Lipinski definition) is 10. The fourth-order valence-electron chi connectivity index (χ4n) is 3.09. The molecule has 230 valence electrons. The van der Waals surface area contributed by atoms with Gasteiger partial charge in [-0.2, -0.15) is 0 Å². The van der Waals surface area contributed by atoms with Crippen LogP contribution in [-0.4, -0.2) is 144 Å². The number of unbranched alkanes of at least 4 members (excludes halogenated alkanes) is 5. The molecule has 0 aliphatic heterocycles. The van der Waals surface area contributed by atoms with Gasteiger partial charge in [0.2, 0.25) is 0 Å². The van der Waals surface area contributed by atoms with Gasteiger partial charge in [-0.25, -0.2) is 0 Å². The van der Waals surface area contributed by atoms with Crippen LogP contribution in [0.2, 0.25) is 0 Å². The molecule has 0 radical (unpaired) electrons. The second kappa shape index (κ2) is 34.6. The minimum Gasteiger partial charge on any atom is -0.379 e. The van der Waals surface area contributed by atoms with Crippen LogP contribution in [0.1, 0.15) is 45.4 Å². The first-order valence-electron chi connectivity index (χ1n) is 14.6. The highest BCUT2D eigenvalue weighted by molar-refractivity contribution is 4.44. The van der Waals surface area contributed by atoms with E-state index in [1.54, 1.807) is 0 Å². The highest BCUT2D eigenvalue weighted by atomic mass is 16.6. The van der Waals surface area contributed by atoms with E-state index in [9.17, 15) is 0 Å². The lowest BCUT2D eigenvalue weighted by Gasteiger charge is -2.10. The predicted molar refractivity (Wildman–Crippen MR) is 149 cm³/mol. The molecule has 0 unspecified atom stereocenters. The van der Waals surface area contributed by atoms with Crippen molar-refractivity contribution in [2.45, 2.75) is 45.4 Å². The van der Waals surface area contributed by atoms with Crippen molar-refractivity contribution in [1.82, 2.24) is 4.90 Å². The summed E-state index contributed by atoms with van der Waals surface area (Å²) in [6.07, 6.45) is 7.71. The Labute approximate surface area is 232 Å². The summed E-state index contributed by atoms with van der Waals surface area (Å²) >= 11 is 0. The number of likely N-dealkylation sites (N-methyl/N-ethyl adjacent to an activating group) is 1. The lowest BCUT2D eigenvalue weighted by Crippen LogP contribution is -2.19. The van der Waals surface area contributed by atoms with E-state index in [-0.39, 0.29) is 0 Å². The summed E-state index contributed by atoms with van der Waals surface area (Å²) in [6.45, 7) is 13.8. The molecule has 10 nitrogen and oxygen atoms in total. The molecule has 0 aromatic carbocycles. The monoisotopic (exact) mass is 553 g/mol. The second-order valence-electron chi connectivity index (χ2n) is 9.08. The Kier molecular flexibility index (Phi) is 34.3. The van der Waals surface area contributed by atoms with Gasteiger partial charge in [-0.05, 0) is 20.5 Å². The Bertz CT molecular complexity index is 420. The topological polar surface area (TPSA) is 86.3 Å². The zero-order chi connectivity index (χ0) is 27.6. The Morgan fingerprint density at radius 1 is 0.316 bits per heavy atom. The van der Waals surface area contributed by atoms with Crippen molar-refractivity contribution in [3.63, 3.8) is 0 Å². The molecule has 0 aromatic rings. The third-order valence-corrected chi connectivity index (χ3v) is 5.30. The van der Waals surface area contributed by atoms with Gasteiger partial charge in [0.1, 0.15) is 0 Å². The molecule has 0 amide bonds. The molecule has 10 heteroatoms. The smallest absolute Gasteiger partial charge is 0.0701 e. The summed E-state index contributed by atoms with van der Waals surface area (Å²) < 4.78 is 49.3. The first kappa shape index (κ1) is 37.6. The van der Waals surface area contributed by atoms with Gasteiger partial charge in [0, 0.05) is 13.2 Å². The third-order valence-electron chi connectivity index (χ3n) is 5.30. The van der Waals surface area contributed by atoms with Crippen LogP contribution < -0.4 is 0 Å². The maximum absolute atomic E-state index is 5.58. The van der Waals surface area contributed by atoms with Crippen molar-refractivity contribution < 1.29 is 42.6 Å². The van der Waals surface area contributed by atoms with Crippen molar-refractivity contribution in [1.29, 1.82) is 0 Å². The van der Waals surface area contributed by atoms with Crippen molar-refractivity contribution >= 4 is 0 Å². The first-order chi connectivity index (χ1) is 18.8. The Morgan fingerprint density at radius 3 is 0.895 bits per heavy atom. The molecule has 0 fully saturated rings. The summed E-state index contributed by atoms with van der Waals surface area (Å²) in [5.74, 6) is 0. The molecule has 0 bridgehead atoms. The highest BCUT2D eigenvalue weighted by Crippen LogP contribution is 2.04. The minimum atomic E-state index is 0.538. The van der Waals surface area contributed by atoms with E-state index in [4.69, 9.17) is 42.6 Å². The number of hydrogen-bond donors (Lipinski definition) is 0. The van der Waals surface area contributed by atoms with Gasteiger partial charge in [-0.3, -0.25) is 0 Å². The molecule has 0 saturated carbocycles. The van der Waals surface area contributed by atoms with Crippen molar-refractivity contribution in [3.05, 3.63) is 0 Å². The van der Waals surface area contributed by atoms with Crippen LogP contribution >= 0.6 is 0 Å². The number of ether oxygens (including phenoxy) is 9. The molecule has 0 aromatic heterocycles. The normalized spacial score (nSPS) is 11.7. The summed E-state index contributed by atoms with van der Waals surface area (Å²) in [4.78, 5) is 2.09. The SMILES string of the molecule is CCCCCCCCOCCOCCOCCOCCOCCOCCOCCOCCOCCN(C)C. The van der Waals surface area contributed by atoms with E-state index in [1.807, 2.05) is 14.1 Å². The van der Waals surface area contributed by atoms with Crippen LogP contribution in [0.5, 0.6) is 0 Å². The van der Waals surface area contributed by atoms with Crippen LogP contribution in [0.25, 0.3) is 0 Å². The molecule has 0 heterocycles. The molecule has 0 N–H and O–H groups in total. The van der Waals surface area contributed by atoms with Gasteiger partial charge >= 0.3 is 0 Å². The van der Waals surface area contributed by atoms with Crippen LogP contribution in [-0.2, 0) is 42.6 Å². The average Bonchev–Trinajstić information content (AvgIpc) is 2.91. The fourth-order valence-corrected chi connectivity index (χ4v) is 3.09. The molecule has 0 aliphatic carbocycles. The molecule has 0 aliphatic rings. The van der Waals surface area contributed by atoms with E-state index in [1.165, 1.54) is 32.1 Å². The average molecular weight is 554 g/mol. The van der Waals surface area contributed by atoms with Crippen LogP contribution in [0.4, 0.5) is 0 Å². The summed E-state index contributed by atoms with van der Waals surface area (Å²) in [5.41, 5.74) is 0. The van der Waals surface area contributed by atoms with E-state index < -0.39 is 0 Å². The van der Waals surface area contributed by atoms with Gasteiger partial charge in [0.25, 0.3) is 0 Å². The Morgan fingerprint density at radius 2 is 0.579 bits per heavy atom. The number of nitrogens with zero attached hydrogens (tertiary/aromatic N) is 1. The maximum atomic E-state index is 5.58. The summed E-state index contributed by atoms with van der Waals surface area (Å²) in [7, 11) is 4.05. The first-order valence-corrected chi connectivity index (χ1v) is 14.6. The largest absolute Gasteiger partial charge is 0.379 e. The lowest BCUT2D eigenvalue weighted by atomic mass is 10.1. The highest BCUT2D eigenvalue weighted by Gasteiger charge is 1.96. The molecular formula is C28H59NO9. The quantitative estimate of drug-likeness (QED) is 0.111. The second-order valence-corrected chi connectivity index (χ2v) is 9.08. The fraction of sp³-hybridized carbons (Fsp3) is 1.00. The van der Waals surface area contributed by atoms with Gasteiger partial charge in [-0.15, -0.1) is 0 Å². The molecular weight excluding hydrogens is 494 g/mol. The van der Waals surface area contributed by atoms with Crippen LogP contribution in [0, 0.1) is 0 Å². The van der Waals surface area contributed by atoms with Crippen molar-refractivity contribution in [3.8, 4) is 0 Å². The minimum absolute atomic E-state index is 0.538. The Balaban J connectivity index is 3.02. The van der Waals surface area contributed by atoms with Crippen LogP contribution in [0.3, 0.4) is 0 Å². The maximum Gasteiger partial charge on any atom is 0.0701 e. The summed E-state index contributed by atoms with van der Waals surface area (Å²) in [5, 5.41) is 0. The third kappa shape index (κ3) is 35.6. The summed E-state index contributed by atoms with van der Waals surface area (Å²) in [6, 6.07) is 0. The van der Waals surface area contributed by atoms with Gasteiger partial charge < -0.3 is 47.5 Å². The van der Waals surface area contributed by atoms with E-state index >= 15 is 0 Å². The zero-order valence-electron chi connectivity index (χ0n) is 24.8. The molecule has 0 saturated heterocycles. The van der Waals surface area contributed by atoms with Crippen LogP contribution in [0.15, 0.2) is 0 Å². The van der Waals surface area contributed by atoms with E-state index in [0.29, 0.717) is 106 Å². The molecule has 0 atom stereocenters. The standard InChI is InChI=1S/C28H59NO9/c1-4-5-6-7-8-9-11-30-13-15-32-17-19-34-21-23-36-25-27-38-28-26-37-24-22-35-20-18-33-16-14-31-12-10-29(2)3/h4-28H2,1-3H3. The lowest BCUT2D eigenvalue weighted by molar-refractivity contribution is -0.0251. The van der Waals surface area contributed by atoms with E-state index in [2.05, 4.69) is 11.8 Å². The van der Waals surface area contributed by atoms with E-state index in [0.717, 1.165) is 26.2 Å². The van der Waals surface area contributed by atoms with Gasteiger partial charge in [0.05, 0.1) is 112 Å². The molecule has 38 heavy (non-hydrogen) atoms. The van der Waals surface area contributed by atoms with Gasteiger partial charge in [0.15, 0.2) is 0 Å². The van der Waals surface area contributed by atoms with Crippen molar-refractivity contribution in [2.24, 2.45) is 0 Å². The number of rotatable bonds is 34. The van der Waals surface area contributed by atoms with Crippen molar-refractivity contribution in [2.75, 3.05) is 140 Å². The molecule has 0 rings (SSSR count). The Hall–Kier alpha value is -0.400. The molecule has 0 spiro atoms. The zero-order valence-corrected chi connectivity index (χ0v) is 24.8. The predicted octanol–water partition coefficient (Wildman–Crippen LogP) is 3.06.